The summed E-state index contributed by atoms with van der Waals surface area (Å²) >= 11 is 0. The highest BCUT2D eigenvalue weighted by molar-refractivity contribution is 5.91. The van der Waals surface area contributed by atoms with Gasteiger partial charge in [0.15, 0.2) is 0 Å². The standard InChI is InChI=1S/C26H33N5O4/c1-6-35-24(33)26(30-11-10-18-14-28-16-29-23(18)30)22(17-8-7-9-19(12-17)34-5)20(27)15-31(26)21(32)13-25(2,3)4/h7-12,14,16,20,22H,6,13,15,27H2,1-5H3. The van der Waals surface area contributed by atoms with Crippen molar-refractivity contribution in [2.24, 2.45) is 11.1 Å². The molecule has 3 heterocycles. The molecule has 1 saturated heterocycles. The lowest BCUT2D eigenvalue weighted by Gasteiger charge is -2.42. The molecule has 0 saturated carbocycles. The molecule has 9 heteroatoms. The first-order valence-electron chi connectivity index (χ1n) is 11.8. The third-order valence-corrected chi connectivity index (χ3v) is 6.40. The maximum atomic E-state index is 14.1. The first-order chi connectivity index (χ1) is 16.6. The van der Waals surface area contributed by atoms with Gasteiger partial charge in [-0.3, -0.25) is 9.36 Å². The lowest BCUT2D eigenvalue weighted by Crippen LogP contribution is -2.58. The van der Waals surface area contributed by atoms with Gasteiger partial charge in [-0.2, -0.15) is 0 Å². The number of nitrogens with two attached hydrogens (primary N) is 1. The van der Waals surface area contributed by atoms with Crippen LogP contribution in [-0.2, 0) is 20.0 Å². The first kappa shape index (κ1) is 24.7. The summed E-state index contributed by atoms with van der Waals surface area (Å²) < 4.78 is 12.9. The monoisotopic (exact) mass is 479 g/mol. The summed E-state index contributed by atoms with van der Waals surface area (Å²) in [4.78, 5) is 38.1. The van der Waals surface area contributed by atoms with Crippen LogP contribution in [0.2, 0.25) is 0 Å². The molecule has 0 radical (unpaired) electrons. The maximum Gasteiger partial charge on any atom is 0.354 e. The van der Waals surface area contributed by atoms with Gasteiger partial charge in [0.25, 0.3) is 0 Å². The van der Waals surface area contributed by atoms with E-state index in [1.54, 1.807) is 35.9 Å². The predicted octanol–water partition coefficient (Wildman–Crippen LogP) is 3.05. The Morgan fingerprint density at radius 1 is 1.26 bits per heavy atom. The van der Waals surface area contributed by atoms with Crippen LogP contribution in [0.1, 0.15) is 45.6 Å². The number of hydrogen-bond donors (Lipinski definition) is 1. The molecule has 9 nitrogen and oxygen atoms in total. The molecule has 3 aromatic rings. The Kier molecular flexibility index (Phi) is 6.55. The van der Waals surface area contributed by atoms with Crippen molar-refractivity contribution in [2.75, 3.05) is 20.3 Å². The van der Waals surface area contributed by atoms with Crippen molar-refractivity contribution in [1.29, 1.82) is 0 Å². The number of esters is 1. The number of methoxy groups -OCH3 is 1. The van der Waals surface area contributed by atoms with Crippen LogP contribution in [0.3, 0.4) is 0 Å². The third-order valence-electron chi connectivity index (χ3n) is 6.40. The van der Waals surface area contributed by atoms with Crippen molar-refractivity contribution in [3.8, 4) is 5.75 Å². The van der Waals surface area contributed by atoms with Gasteiger partial charge in [-0.15, -0.1) is 0 Å². The molecule has 35 heavy (non-hydrogen) atoms. The second-order valence-corrected chi connectivity index (χ2v) is 10.1. The van der Waals surface area contributed by atoms with E-state index < -0.39 is 23.6 Å². The summed E-state index contributed by atoms with van der Waals surface area (Å²) in [5.41, 5.74) is 6.17. The molecule has 0 bridgehead atoms. The Bertz CT molecular complexity index is 1230. The van der Waals surface area contributed by atoms with Gasteiger partial charge in [0, 0.05) is 36.8 Å². The summed E-state index contributed by atoms with van der Waals surface area (Å²) in [6.45, 7) is 8.05. The smallest absolute Gasteiger partial charge is 0.354 e. The van der Waals surface area contributed by atoms with E-state index in [0.717, 1.165) is 10.9 Å². The van der Waals surface area contributed by atoms with Crippen molar-refractivity contribution in [2.45, 2.75) is 51.7 Å². The normalized spacial score (nSPS) is 22.4. The van der Waals surface area contributed by atoms with Crippen molar-refractivity contribution >= 4 is 22.9 Å². The molecule has 1 fully saturated rings. The lowest BCUT2D eigenvalue weighted by molar-refractivity contribution is -0.171. The van der Waals surface area contributed by atoms with Crippen LogP contribution in [0.15, 0.2) is 49.1 Å². The molecule has 0 spiro atoms. The number of ether oxygens (including phenoxy) is 2. The molecule has 186 valence electrons. The molecule has 1 aliphatic heterocycles. The van der Waals surface area contributed by atoms with Gasteiger partial charge in [-0.05, 0) is 36.1 Å². The van der Waals surface area contributed by atoms with Crippen molar-refractivity contribution in [3.63, 3.8) is 0 Å². The van der Waals surface area contributed by atoms with E-state index in [-0.39, 0.29) is 30.9 Å². The van der Waals surface area contributed by atoms with E-state index in [1.165, 1.54) is 6.33 Å². The summed E-state index contributed by atoms with van der Waals surface area (Å²) in [6.07, 6.45) is 5.10. The second-order valence-electron chi connectivity index (χ2n) is 10.1. The van der Waals surface area contributed by atoms with E-state index in [4.69, 9.17) is 15.2 Å². The zero-order valence-electron chi connectivity index (χ0n) is 20.9. The van der Waals surface area contributed by atoms with E-state index in [2.05, 4.69) is 9.97 Å². The van der Waals surface area contributed by atoms with Crippen molar-refractivity contribution in [3.05, 3.63) is 54.6 Å². The van der Waals surface area contributed by atoms with Crippen LogP contribution in [0.25, 0.3) is 11.0 Å². The Morgan fingerprint density at radius 2 is 2.03 bits per heavy atom. The minimum absolute atomic E-state index is 0.149. The second kappa shape index (κ2) is 9.30. The van der Waals surface area contributed by atoms with Crippen LogP contribution < -0.4 is 10.5 Å². The Balaban J connectivity index is 2.04. The molecule has 4 rings (SSSR count). The predicted molar refractivity (Wildman–Crippen MR) is 132 cm³/mol. The number of carbonyl (C=O) groups excluding carboxylic acids is 2. The quantitative estimate of drug-likeness (QED) is 0.541. The molecular weight excluding hydrogens is 446 g/mol. The largest absolute Gasteiger partial charge is 0.497 e. The van der Waals surface area contributed by atoms with Crippen LogP contribution >= 0.6 is 0 Å². The van der Waals surface area contributed by atoms with E-state index in [1.807, 2.05) is 51.1 Å². The Morgan fingerprint density at radius 3 is 2.71 bits per heavy atom. The van der Waals surface area contributed by atoms with Gasteiger partial charge in [0.1, 0.15) is 17.7 Å². The zero-order chi connectivity index (χ0) is 25.4. The van der Waals surface area contributed by atoms with Gasteiger partial charge >= 0.3 is 5.97 Å². The molecule has 3 unspecified atom stereocenters. The number of fused-ring (bicyclic) bond motifs is 1. The lowest BCUT2D eigenvalue weighted by atomic mass is 9.82. The molecule has 2 aromatic heterocycles. The molecule has 3 atom stereocenters. The highest BCUT2D eigenvalue weighted by Crippen LogP contribution is 2.49. The number of amides is 1. The average molecular weight is 480 g/mol. The van der Waals surface area contributed by atoms with Crippen LogP contribution in [0, 0.1) is 5.41 Å². The number of hydrogen-bond acceptors (Lipinski definition) is 7. The van der Waals surface area contributed by atoms with Crippen LogP contribution in [0.4, 0.5) is 0 Å². The van der Waals surface area contributed by atoms with Gasteiger partial charge in [0.05, 0.1) is 19.6 Å². The van der Waals surface area contributed by atoms with E-state index in [9.17, 15) is 9.59 Å². The summed E-state index contributed by atoms with van der Waals surface area (Å²) in [7, 11) is 1.59. The molecule has 2 N–H and O–H groups in total. The first-order valence-corrected chi connectivity index (χ1v) is 11.8. The highest BCUT2D eigenvalue weighted by atomic mass is 16.5. The summed E-state index contributed by atoms with van der Waals surface area (Å²) in [5.74, 6) is -0.723. The molecule has 0 aliphatic carbocycles. The average Bonchev–Trinajstić information content (AvgIpc) is 3.37. The fourth-order valence-corrected chi connectivity index (χ4v) is 5.08. The number of rotatable bonds is 6. The number of carbonyl (C=O) groups is 2. The van der Waals surface area contributed by atoms with Gasteiger partial charge < -0.3 is 20.1 Å². The molecule has 1 aromatic carbocycles. The van der Waals surface area contributed by atoms with E-state index >= 15 is 0 Å². The van der Waals surface area contributed by atoms with Crippen LogP contribution in [0.5, 0.6) is 5.75 Å². The Labute approximate surface area is 205 Å². The van der Waals surface area contributed by atoms with Crippen molar-refractivity contribution in [1.82, 2.24) is 19.4 Å². The van der Waals surface area contributed by atoms with Gasteiger partial charge in [0.2, 0.25) is 11.6 Å². The van der Waals surface area contributed by atoms with Crippen LogP contribution in [-0.4, -0.2) is 57.6 Å². The number of benzene rings is 1. The molecule has 1 aliphatic rings. The fourth-order valence-electron chi connectivity index (χ4n) is 5.08. The molecular formula is C26H33N5O4. The number of likely N-dealkylation sites (tertiary alicyclic amines) is 1. The third kappa shape index (κ3) is 4.25. The minimum Gasteiger partial charge on any atom is -0.497 e. The SMILES string of the molecule is CCOC(=O)C1(n2ccc3cncnc32)C(c2cccc(OC)c2)C(N)CN1C(=O)CC(C)(C)C. The number of nitrogens with zero attached hydrogens (tertiary/aromatic N) is 4. The minimum atomic E-state index is -1.58. The zero-order valence-corrected chi connectivity index (χ0v) is 20.9. The topological polar surface area (TPSA) is 113 Å². The highest BCUT2D eigenvalue weighted by Gasteiger charge is 2.63. The summed E-state index contributed by atoms with van der Waals surface area (Å²) in [5, 5.41) is 0.740. The maximum absolute atomic E-state index is 14.1. The summed E-state index contributed by atoms with van der Waals surface area (Å²) in [6, 6.07) is 8.73. The van der Waals surface area contributed by atoms with Gasteiger partial charge in [-0.1, -0.05) is 32.9 Å². The Hall–Kier alpha value is -3.46. The number of aromatic nitrogens is 3. The fraction of sp³-hybridized carbons (Fsp3) is 0.462. The molecule has 1 amide bonds. The van der Waals surface area contributed by atoms with E-state index in [0.29, 0.717) is 11.4 Å². The van der Waals surface area contributed by atoms with Gasteiger partial charge in [-0.25, -0.2) is 14.8 Å². The van der Waals surface area contributed by atoms with Crippen molar-refractivity contribution < 1.29 is 19.1 Å².